The van der Waals surface area contributed by atoms with E-state index in [4.69, 9.17) is 4.74 Å². The summed E-state index contributed by atoms with van der Waals surface area (Å²) >= 11 is 0. The lowest BCUT2D eigenvalue weighted by Gasteiger charge is -2.07. The summed E-state index contributed by atoms with van der Waals surface area (Å²) in [4.78, 5) is 0. The monoisotopic (exact) mass is 336 g/mol. The SMILES string of the molecule is FC(=CCc1cccc(Oc2ccccc2)c1)Cc1ccc(F)cc1. The van der Waals surface area contributed by atoms with Crippen LogP contribution in [0.4, 0.5) is 8.78 Å². The Kier molecular flexibility index (Phi) is 5.57. The van der Waals surface area contributed by atoms with Crippen molar-refractivity contribution in [3.63, 3.8) is 0 Å². The first-order chi connectivity index (χ1) is 12.2. The van der Waals surface area contributed by atoms with Gasteiger partial charge < -0.3 is 4.74 Å². The lowest BCUT2D eigenvalue weighted by atomic mass is 10.1. The topological polar surface area (TPSA) is 9.23 Å². The molecule has 0 heterocycles. The minimum Gasteiger partial charge on any atom is -0.457 e. The van der Waals surface area contributed by atoms with Gasteiger partial charge in [-0.05, 0) is 60.0 Å². The van der Waals surface area contributed by atoms with Gasteiger partial charge in [0.2, 0.25) is 0 Å². The van der Waals surface area contributed by atoms with Crippen LogP contribution in [-0.4, -0.2) is 0 Å². The van der Waals surface area contributed by atoms with Crippen LogP contribution < -0.4 is 4.74 Å². The number of halogens is 2. The Morgan fingerprint density at radius 3 is 2.28 bits per heavy atom. The van der Waals surface area contributed by atoms with Crippen LogP contribution >= 0.6 is 0 Å². The summed E-state index contributed by atoms with van der Waals surface area (Å²) in [5, 5.41) is 0. The summed E-state index contributed by atoms with van der Waals surface area (Å²) in [5.41, 5.74) is 1.71. The highest BCUT2D eigenvalue weighted by Crippen LogP contribution is 2.22. The second kappa shape index (κ2) is 8.25. The fraction of sp³-hybridized carbons (Fsp3) is 0.0909. The van der Waals surface area contributed by atoms with Crippen LogP contribution in [0.5, 0.6) is 11.5 Å². The van der Waals surface area contributed by atoms with E-state index in [0.717, 1.165) is 22.6 Å². The first-order valence-electron chi connectivity index (χ1n) is 8.10. The Bertz CT molecular complexity index is 839. The first-order valence-corrected chi connectivity index (χ1v) is 8.10. The molecule has 0 atom stereocenters. The fourth-order valence-corrected chi connectivity index (χ4v) is 2.46. The van der Waals surface area contributed by atoms with E-state index in [1.807, 2.05) is 54.6 Å². The number of ether oxygens (including phenoxy) is 1. The lowest BCUT2D eigenvalue weighted by Crippen LogP contribution is -1.89. The van der Waals surface area contributed by atoms with Gasteiger partial charge in [-0.2, -0.15) is 0 Å². The Labute approximate surface area is 146 Å². The molecule has 126 valence electrons. The molecule has 0 radical (unpaired) electrons. The van der Waals surface area contributed by atoms with Gasteiger partial charge in [0.05, 0.1) is 0 Å². The largest absolute Gasteiger partial charge is 0.457 e. The minimum atomic E-state index is -0.316. The average Bonchev–Trinajstić information content (AvgIpc) is 2.63. The maximum absolute atomic E-state index is 14.1. The molecule has 0 aliphatic heterocycles. The Morgan fingerprint density at radius 2 is 1.52 bits per heavy atom. The highest BCUT2D eigenvalue weighted by atomic mass is 19.1. The van der Waals surface area contributed by atoms with Crippen molar-refractivity contribution in [2.75, 3.05) is 0 Å². The van der Waals surface area contributed by atoms with Crippen molar-refractivity contribution in [1.82, 2.24) is 0 Å². The van der Waals surface area contributed by atoms with E-state index in [9.17, 15) is 8.78 Å². The third kappa shape index (κ3) is 5.28. The lowest BCUT2D eigenvalue weighted by molar-refractivity contribution is 0.482. The van der Waals surface area contributed by atoms with E-state index >= 15 is 0 Å². The molecule has 0 aliphatic rings. The molecule has 0 N–H and O–H groups in total. The number of hydrogen-bond donors (Lipinski definition) is 0. The molecule has 0 aliphatic carbocycles. The van der Waals surface area contributed by atoms with Crippen molar-refractivity contribution in [3.8, 4) is 11.5 Å². The molecule has 3 heteroatoms. The van der Waals surface area contributed by atoms with Crippen LogP contribution in [0.25, 0.3) is 0 Å². The van der Waals surface area contributed by atoms with Gasteiger partial charge in [-0.1, -0.05) is 42.5 Å². The molecule has 0 saturated heterocycles. The van der Waals surface area contributed by atoms with Gasteiger partial charge in [0.15, 0.2) is 0 Å². The van der Waals surface area contributed by atoms with Crippen LogP contribution in [0.3, 0.4) is 0 Å². The normalized spacial score (nSPS) is 11.4. The molecule has 0 bridgehead atoms. The summed E-state index contributed by atoms with van der Waals surface area (Å²) in [5.74, 6) is 0.929. The van der Waals surface area contributed by atoms with E-state index in [2.05, 4.69) is 0 Å². The quantitative estimate of drug-likeness (QED) is 0.516. The molecule has 3 aromatic carbocycles. The molecule has 0 unspecified atom stereocenters. The number of allylic oxidation sites excluding steroid dienone is 2. The first kappa shape index (κ1) is 16.9. The van der Waals surface area contributed by atoms with Gasteiger partial charge >= 0.3 is 0 Å². The van der Waals surface area contributed by atoms with Crippen molar-refractivity contribution in [3.05, 3.63) is 108 Å². The third-order valence-electron chi connectivity index (χ3n) is 3.72. The van der Waals surface area contributed by atoms with E-state index in [1.54, 1.807) is 18.2 Å². The number of hydrogen-bond acceptors (Lipinski definition) is 1. The van der Waals surface area contributed by atoms with Crippen molar-refractivity contribution >= 4 is 0 Å². The van der Waals surface area contributed by atoms with Crippen molar-refractivity contribution < 1.29 is 13.5 Å². The summed E-state index contributed by atoms with van der Waals surface area (Å²) in [7, 11) is 0. The van der Waals surface area contributed by atoms with Crippen LogP contribution in [0.15, 0.2) is 90.8 Å². The van der Waals surface area contributed by atoms with E-state index in [0.29, 0.717) is 6.42 Å². The number of rotatable bonds is 6. The number of para-hydroxylation sites is 1. The smallest absolute Gasteiger partial charge is 0.127 e. The highest BCUT2D eigenvalue weighted by molar-refractivity contribution is 5.34. The molecule has 0 amide bonds. The van der Waals surface area contributed by atoms with E-state index in [-0.39, 0.29) is 18.1 Å². The third-order valence-corrected chi connectivity index (χ3v) is 3.72. The molecule has 0 spiro atoms. The van der Waals surface area contributed by atoms with Crippen molar-refractivity contribution in [2.24, 2.45) is 0 Å². The van der Waals surface area contributed by atoms with Crippen LogP contribution in [0, 0.1) is 5.82 Å². The van der Waals surface area contributed by atoms with Gasteiger partial charge in [0.1, 0.15) is 23.1 Å². The van der Waals surface area contributed by atoms with Gasteiger partial charge in [0.25, 0.3) is 0 Å². The second-order valence-corrected chi connectivity index (χ2v) is 5.72. The predicted molar refractivity (Wildman–Crippen MR) is 96.0 cm³/mol. The molecular weight excluding hydrogens is 318 g/mol. The minimum absolute atomic E-state index is 0.167. The predicted octanol–water partition coefficient (Wildman–Crippen LogP) is 6.26. The van der Waals surface area contributed by atoms with Crippen LogP contribution in [0.1, 0.15) is 11.1 Å². The van der Waals surface area contributed by atoms with Gasteiger partial charge in [-0.15, -0.1) is 0 Å². The van der Waals surface area contributed by atoms with Gasteiger partial charge in [-0.3, -0.25) is 0 Å². The average molecular weight is 336 g/mol. The van der Waals surface area contributed by atoms with E-state index in [1.165, 1.54) is 12.1 Å². The standard InChI is InChI=1S/C22H18F2O/c23-19-12-9-18(10-13-19)15-20(24)14-11-17-5-4-8-22(16-17)25-21-6-2-1-3-7-21/h1-10,12-14,16H,11,15H2. The molecule has 3 aromatic rings. The summed E-state index contributed by atoms with van der Waals surface area (Å²) < 4.78 is 32.7. The van der Waals surface area contributed by atoms with Crippen LogP contribution in [0.2, 0.25) is 0 Å². The van der Waals surface area contributed by atoms with Crippen molar-refractivity contribution in [2.45, 2.75) is 12.8 Å². The molecule has 25 heavy (non-hydrogen) atoms. The van der Waals surface area contributed by atoms with Gasteiger partial charge in [-0.25, -0.2) is 8.78 Å². The summed E-state index contributed by atoms with van der Waals surface area (Å²) in [6.45, 7) is 0. The summed E-state index contributed by atoms with van der Waals surface area (Å²) in [6, 6.07) is 23.0. The molecule has 3 rings (SSSR count). The molecule has 1 nitrogen and oxygen atoms in total. The maximum atomic E-state index is 14.1. The Hall–Kier alpha value is -2.94. The fourth-order valence-electron chi connectivity index (χ4n) is 2.46. The Morgan fingerprint density at radius 1 is 0.800 bits per heavy atom. The zero-order valence-corrected chi connectivity index (χ0v) is 13.7. The Balaban J connectivity index is 1.62. The highest BCUT2D eigenvalue weighted by Gasteiger charge is 2.01. The molecular formula is C22H18F2O. The molecule has 0 saturated carbocycles. The van der Waals surface area contributed by atoms with Gasteiger partial charge in [0, 0.05) is 6.42 Å². The molecule has 0 fully saturated rings. The second-order valence-electron chi connectivity index (χ2n) is 5.72. The summed E-state index contributed by atoms with van der Waals surface area (Å²) in [6.07, 6.45) is 2.19. The van der Waals surface area contributed by atoms with Crippen molar-refractivity contribution in [1.29, 1.82) is 0 Å². The van der Waals surface area contributed by atoms with Crippen LogP contribution in [-0.2, 0) is 12.8 Å². The number of benzene rings is 3. The van der Waals surface area contributed by atoms with E-state index < -0.39 is 0 Å². The zero-order chi connectivity index (χ0) is 17.5. The molecule has 0 aromatic heterocycles. The maximum Gasteiger partial charge on any atom is 0.127 e. The zero-order valence-electron chi connectivity index (χ0n) is 13.7.